The molecule has 4 rings (SSSR count). The summed E-state index contributed by atoms with van der Waals surface area (Å²) in [5.74, 6) is 0.0132. The first-order chi connectivity index (χ1) is 15.8. The van der Waals surface area contributed by atoms with Gasteiger partial charge in [-0.25, -0.2) is 4.79 Å². The molecule has 0 bridgehead atoms. The molecule has 1 aliphatic rings. The van der Waals surface area contributed by atoms with Crippen molar-refractivity contribution in [3.05, 3.63) is 88.4 Å². The Morgan fingerprint density at radius 2 is 1.67 bits per heavy atom. The van der Waals surface area contributed by atoms with Gasteiger partial charge in [-0.2, -0.15) is 0 Å². The number of ether oxygens (including phenoxy) is 1. The second kappa shape index (κ2) is 9.13. The van der Waals surface area contributed by atoms with Crippen LogP contribution in [0.25, 0.3) is 0 Å². The normalized spacial score (nSPS) is 17.6. The van der Waals surface area contributed by atoms with Gasteiger partial charge in [0.25, 0.3) is 5.91 Å². The number of para-hydroxylation sites is 1. The molecule has 1 atom stereocenters. The molecule has 1 unspecified atom stereocenters. The second-order valence-corrected chi connectivity index (χ2v) is 8.40. The summed E-state index contributed by atoms with van der Waals surface area (Å²) in [5, 5.41) is 6.33. The van der Waals surface area contributed by atoms with E-state index in [1.165, 1.54) is 0 Å². The third-order valence-corrected chi connectivity index (χ3v) is 5.77. The molecule has 0 saturated carbocycles. The van der Waals surface area contributed by atoms with E-state index >= 15 is 0 Å². The zero-order chi connectivity index (χ0) is 23.6. The van der Waals surface area contributed by atoms with Crippen molar-refractivity contribution >= 4 is 46.7 Å². The van der Waals surface area contributed by atoms with Crippen molar-refractivity contribution in [2.75, 3.05) is 11.9 Å². The van der Waals surface area contributed by atoms with Gasteiger partial charge >= 0.3 is 6.03 Å². The standard InChI is InChI=1S/C24H19Cl2N3O4/c1-24(15-6-8-16(25)9-7-15)22(31)29(23(32)28-24)14-21(30)27-17-10-12-18(13-11-17)33-20-5-3-2-4-19(20)26/h2-13H,14H2,1H3,(H,27,30)(H,28,32). The van der Waals surface area contributed by atoms with Crippen molar-refractivity contribution < 1.29 is 19.1 Å². The van der Waals surface area contributed by atoms with Crippen LogP contribution in [-0.4, -0.2) is 29.3 Å². The van der Waals surface area contributed by atoms with E-state index in [1.807, 2.05) is 6.07 Å². The molecule has 4 amide bonds. The fourth-order valence-electron chi connectivity index (χ4n) is 3.42. The van der Waals surface area contributed by atoms with Crippen LogP contribution in [0.3, 0.4) is 0 Å². The van der Waals surface area contributed by atoms with E-state index in [0.29, 0.717) is 32.8 Å². The Balaban J connectivity index is 1.39. The number of imide groups is 1. The number of hydrogen-bond donors (Lipinski definition) is 2. The van der Waals surface area contributed by atoms with Crippen LogP contribution in [0.5, 0.6) is 11.5 Å². The first-order valence-corrected chi connectivity index (χ1v) is 10.7. The minimum Gasteiger partial charge on any atom is -0.456 e. The van der Waals surface area contributed by atoms with E-state index in [9.17, 15) is 14.4 Å². The van der Waals surface area contributed by atoms with E-state index in [4.69, 9.17) is 27.9 Å². The predicted octanol–water partition coefficient (Wildman–Crippen LogP) is 5.19. The summed E-state index contributed by atoms with van der Waals surface area (Å²) in [6, 6.07) is 19.7. The topological polar surface area (TPSA) is 87.7 Å². The minimum atomic E-state index is -1.28. The zero-order valence-corrected chi connectivity index (χ0v) is 19.0. The highest BCUT2D eigenvalue weighted by molar-refractivity contribution is 6.32. The van der Waals surface area contributed by atoms with Gasteiger partial charge in [0, 0.05) is 10.7 Å². The van der Waals surface area contributed by atoms with Crippen LogP contribution in [0.2, 0.25) is 10.0 Å². The highest BCUT2D eigenvalue weighted by atomic mass is 35.5. The van der Waals surface area contributed by atoms with Gasteiger partial charge in [0.2, 0.25) is 5.91 Å². The monoisotopic (exact) mass is 483 g/mol. The lowest BCUT2D eigenvalue weighted by Gasteiger charge is -2.22. The van der Waals surface area contributed by atoms with Crippen molar-refractivity contribution in [3.63, 3.8) is 0 Å². The Labute approximate surface area is 200 Å². The molecule has 168 valence electrons. The summed E-state index contributed by atoms with van der Waals surface area (Å²) in [4.78, 5) is 38.8. The largest absolute Gasteiger partial charge is 0.456 e. The van der Waals surface area contributed by atoms with Crippen molar-refractivity contribution in [3.8, 4) is 11.5 Å². The van der Waals surface area contributed by atoms with Gasteiger partial charge in [0.1, 0.15) is 23.6 Å². The number of halogens is 2. The first kappa shape index (κ1) is 22.6. The summed E-state index contributed by atoms with van der Waals surface area (Å²) in [6.07, 6.45) is 0. The van der Waals surface area contributed by atoms with Crippen LogP contribution >= 0.6 is 23.2 Å². The molecule has 1 heterocycles. The molecular formula is C24H19Cl2N3O4. The smallest absolute Gasteiger partial charge is 0.325 e. The maximum atomic E-state index is 13.0. The third kappa shape index (κ3) is 4.79. The number of rotatable bonds is 6. The van der Waals surface area contributed by atoms with Gasteiger partial charge in [0.05, 0.1) is 5.02 Å². The van der Waals surface area contributed by atoms with Gasteiger partial charge < -0.3 is 15.4 Å². The zero-order valence-electron chi connectivity index (χ0n) is 17.5. The number of nitrogens with one attached hydrogen (secondary N) is 2. The predicted molar refractivity (Wildman–Crippen MR) is 126 cm³/mol. The van der Waals surface area contributed by atoms with Gasteiger partial charge in [-0.05, 0) is 61.0 Å². The Bertz CT molecular complexity index is 1220. The highest BCUT2D eigenvalue weighted by Gasteiger charge is 2.49. The summed E-state index contributed by atoms with van der Waals surface area (Å²) >= 11 is 12.0. The van der Waals surface area contributed by atoms with Crippen LogP contribution in [-0.2, 0) is 15.1 Å². The van der Waals surface area contributed by atoms with Crippen LogP contribution in [0.15, 0.2) is 72.8 Å². The number of anilines is 1. The molecule has 1 aliphatic heterocycles. The lowest BCUT2D eigenvalue weighted by molar-refractivity contribution is -0.133. The third-order valence-electron chi connectivity index (χ3n) is 5.20. The lowest BCUT2D eigenvalue weighted by Crippen LogP contribution is -2.42. The molecule has 1 saturated heterocycles. The number of amides is 4. The van der Waals surface area contributed by atoms with Crippen molar-refractivity contribution in [1.82, 2.24) is 10.2 Å². The number of hydrogen-bond acceptors (Lipinski definition) is 4. The number of carbonyl (C=O) groups is 3. The maximum absolute atomic E-state index is 13.0. The number of nitrogens with zero attached hydrogens (tertiary/aromatic N) is 1. The average molecular weight is 484 g/mol. The molecule has 1 fully saturated rings. The Morgan fingerprint density at radius 1 is 1.00 bits per heavy atom. The molecule has 0 aliphatic carbocycles. The van der Waals surface area contributed by atoms with Gasteiger partial charge in [-0.3, -0.25) is 14.5 Å². The molecule has 3 aromatic rings. The molecule has 2 N–H and O–H groups in total. The molecule has 0 radical (unpaired) electrons. The first-order valence-electron chi connectivity index (χ1n) is 9.99. The molecule has 7 nitrogen and oxygen atoms in total. The van der Waals surface area contributed by atoms with Crippen LogP contribution in [0.1, 0.15) is 12.5 Å². The Morgan fingerprint density at radius 3 is 2.33 bits per heavy atom. The van der Waals surface area contributed by atoms with E-state index in [1.54, 1.807) is 73.7 Å². The molecule has 0 aromatic heterocycles. The van der Waals surface area contributed by atoms with E-state index in [-0.39, 0.29) is 0 Å². The van der Waals surface area contributed by atoms with Gasteiger partial charge in [-0.15, -0.1) is 0 Å². The molecule has 33 heavy (non-hydrogen) atoms. The van der Waals surface area contributed by atoms with E-state index in [2.05, 4.69) is 10.6 Å². The van der Waals surface area contributed by atoms with Crippen LogP contribution in [0.4, 0.5) is 10.5 Å². The quantitative estimate of drug-likeness (QED) is 0.472. The van der Waals surface area contributed by atoms with E-state index < -0.39 is 29.9 Å². The maximum Gasteiger partial charge on any atom is 0.325 e. The summed E-state index contributed by atoms with van der Waals surface area (Å²) in [7, 11) is 0. The van der Waals surface area contributed by atoms with E-state index in [0.717, 1.165) is 4.90 Å². The molecule has 0 spiro atoms. The molecular weight excluding hydrogens is 465 g/mol. The average Bonchev–Trinajstić information content (AvgIpc) is 3.01. The fraction of sp³-hybridized carbons (Fsp3) is 0.125. The Kier molecular flexibility index (Phi) is 6.26. The molecule has 3 aromatic carbocycles. The Hall–Kier alpha value is -3.55. The number of carbonyl (C=O) groups excluding carboxylic acids is 3. The summed E-state index contributed by atoms with van der Waals surface area (Å²) in [5.41, 5.74) is -0.221. The van der Waals surface area contributed by atoms with Gasteiger partial charge in [-0.1, -0.05) is 47.5 Å². The summed E-state index contributed by atoms with van der Waals surface area (Å²) in [6.45, 7) is 1.16. The van der Waals surface area contributed by atoms with Crippen molar-refractivity contribution in [1.29, 1.82) is 0 Å². The van der Waals surface area contributed by atoms with Crippen molar-refractivity contribution in [2.24, 2.45) is 0 Å². The summed E-state index contributed by atoms with van der Waals surface area (Å²) < 4.78 is 5.72. The number of urea groups is 1. The fourth-order valence-corrected chi connectivity index (χ4v) is 3.72. The highest BCUT2D eigenvalue weighted by Crippen LogP contribution is 2.31. The van der Waals surface area contributed by atoms with Crippen LogP contribution in [0, 0.1) is 0 Å². The lowest BCUT2D eigenvalue weighted by atomic mass is 9.92. The SMILES string of the molecule is CC1(c2ccc(Cl)cc2)NC(=O)N(CC(=O)Nc2ccc(Oc3ccccc3Cl)cc2)C1=O. The number of benzene rings is 3. The second-order valence-electron chi connectivity index (χ2n) is 7.56. The minimum absolute atomic E-state index is 0.425. The van der Waals surface area contributed by atoms with Crippen molar-refractivity contribution in [2.45, 2.75) is 12.5 Å². The van der Waals surface area contributed by atoms with Gasteiger partial charge in [0.15, 0.2) is 0 Å². The van der Waals surface area contributed by atoms with Crippen LogP contribution < -0.4 is 15.4 Å². The molecule has 9 heteroatoms.